The number of benzene rings is 1. The largest absolute Gasteiger partial charge is 0.480 e. The molecule has 0 fully saturated rings. The van der Waals surface area contributed by atoms with Gasteiger partial charge in [0.2, 0.25) is 0 Å². The molecule has 0 amide bonds. The minimum Gasteiger partial charge on any atom is -0.480 e. The van der Waals surface area contributed by atoms with Crippen molar-refractivity contribution in [2.75, 3.05) is 7.05 Å². The second-order valence-electron chi connectivity index (χ2n) is 4.35. The third-order valence-electron chi connectivity index (χ3n) is 2.79. The van der Waals surface area contributed by atoms with E-state index in [1.165, 1.54) is 0 Å². The number of hydrogen-bond acceptors (Lipinski definition) is 2. The molecule has 1 rings (SSSR count). The van der Waals surface area contributed by atoms with Gasteiger partial charge in [-0.1, -0.05) is 28.1 Å². The normalized spacial score (nSPS) is 11.8. The Labute approximate surface area is 104 Å². The van der Waals surface area contributed by atoms with Crippen LogP contribution in [0.15, 0.2) is 28.7 Å². The van der Waals surface area contributed by atoms with E-state index in [0.717, 1.165) is 10.0 Å². The zero-order chi connectivity index (χ0) is 12.3. The highest BCUT2D eigenvalue weighted by atomic mass is 79.9. The first-order valence-corrected chi connectivity index (χ1v) is 5.82. The Balaban J connectivity index is 2.79. The van der Waals surface area contributed by atoms with Gasteiger partial charge in [-0.25, -0.2) is 0 Å². The molecule has 0 radical (unpaired) electrons. The van der Waals surface area contributed by atoms with Crippen molar-refractivity contribution in [2.45, 2.75) is 25.9 Å². The summed E-state index contributed by atoms with van der Waals surface area (Å²) in [5, 5.41) is 9.09. The van der Waals surface area contributed by atoms with Crippen molar-refractivity contribution in [1.82, 2.24) is 4.90 Å². The molecule has 0 unspecified atom stereocenters. The quantitative estimate of drug-likeness (QED) is 0.925. The van der Waals surface area contributed by atoms with E-state index in [4.69, 9.17) is 5.11 Å². The lowest BCUT2D eigenvalue weighted by Gasteiger charge is -2.31. The molecule has 4 heteroatoms. The van der Waals surface area contributed by atoms with Crippen LogP contribution in [0, 0.1) is 0 Å². The molecular weight excluding hydrogens is 270 g/mol. The Morgan fingerprint density at radius 3 is 2.62 bits per heavy atom. The SMILES string of the molecule is CN(Cc1cccc(Br)c1)C(C)(C)C(=O)O. The fourth-order valence-corrected chi connectivity index (χ4v) is 1.72. The van der Waals surface area contributed by atoms with Crippen molar-refractivity contribution in [3.8, 4) is 0 Å². The Morgan fingerprint density at radius 2 is 2.12 bits per heavy atom. The number of likely N-dealkylation sites (N-methyl/N-ethyl adjacent to an activating group) is 1. The minimum atomic E-state index is -0.859. The summed E-state index contributed by atoms with van der Waals surface area (Å²) in [5.41, 5.74) is 0.230. The van der Waals surface area contributed by atoms with E-state index < -0.39 is 11.5 Å². The predicted molar refractivity (Wildman–Crippen MR) is 67.3 cm³/mol. The van der Waals surface area contributed by atoms with Crippen molar-refractivity contribution in [1.29, 1.82) is 0 Å². The predicted octanol–water partition coefficient (Wildman–Crippen LogP) is 2.74. The monoisotopic (exact) mass is 285 g/mol. The molecule has 3 nitrogen and oxygen atoms in total. The smallest absolute Gasteiger partial charge is 0.323 e. The molecule has 0 bridgehead atoms. The Hall–Kier alpha value is -0.870. The van der Waals surface area contributed by atoms with Gasteiger partial charge >= 0.3 is 5.97 Å². The van der Waals surface area contributed by atoms with E-state index in [9.17, 15) is 4.79 Å². The fraction of sp³-hybridized carbons (Fsp3) is 0.417. The highest BCUT2D eigenvalue weighted by molar-refractivity contribution is 9.10. The first-order chi connectivity index (χ1) is 7.34. The van der Waals surface area contributed by atoms with Gasteiger partial charge in [-0.3, -0.25) is 9.69 Å². The molecule has 0 aromatic heterocycles. The zero-order valence-electron chi connectivity index (χ0n) is 9.70. The van der Waals surface area contributed by atoms with Crippen LogP contribution in [0.5, 0.6) is 0 Å². The summed E-state index contributed by atoms with van der Waals surface area (Å²) in [4.78, 5) is 12.9. The molecule has 0 saturated heterocycles. The molecule has 1 N–H and O–H groups in total. The minimum absolute atomic E-state index is 0.610. The average molecular weight is 286 g/mol. The summed E-state index contributed by atoms with van der Waals surface area (Å²) < 4.78 is 1.01. The standard InChI is InChI=1S/C12H16BrNO2/c1-12(2,11(15)16)14(3)8-9-5-4-6-10(13)7-9/h4-7H,8H2,1-3H3,(H,15,16). The fourth-order valence-electron chi connectivity index (χ4n) is 1.27. The van der Waals surface area contributed by atoms with E-state index >= 15 is 0 Å². The summed E-state index contributed by atoms with van der Waals surface area (Å²) in [6.45, 7) is 4.01. The Morgan fingerprint density at radius 1 is 1.50 bits per heavy atom. The maximum atomic E-state index is 11.1. The van der Waals surface area contributed by atoms with Crippen LogP contribution in [-0.4, -0.2) is 28.6 Å². The highest BCUT2D eigenvalue weighted by Crippen LogP contribution is 2.18. The van der Waals surface area contributed by atoms with Gasteiger partial charge < -0.3 is 5.11 Å². The van der Waals surface area contributed by atoms with Crippen molar-refractivity contribution < 1.29 is 9.90 Å². The van der Waals surface area contributed by atoms with Crippen LogP contribution in [-0.2, 0) is 11.3 Å². The number of halogens is 1. The molecule has 0 aliphatic heterocycles. The van der Waals surface area contributed by atoms with Crippen LogP contribution in [0.1, 0.15) is 19.4 Å². The van der Waals surface area contributed by atoms with Gasteiger partial charge in [0.1, 0.15) is 5.54 Å². The van der Waals surface area contributed by atoms with Gasteiger partial charge in [-0.15, -0.1) is 0 Å². The molecule has 0 aliphatic carbocycles. The van der Waals surface area contributed by atoms with Gasteiger partial charge in [0.15, 0.2) is 0 Å². The van der Waals surface area contributed by atoms with E-state index in [-0.39, 0.29) is 0 Å². The number of carboxylic acids is 1. The summed E-state index contributed by atoms with van der Waals surface area (Å²) in [7, 11) is 1.81. The van der Waals surface area contributed by atoms with Crippen LogP contribution in [0.4, 0.5) is 0 Å². The second-order valence-corrected chi connectivity index (χ2v) is 5.27. The summed E-state index contributed by atoms with van der Waals surface area (Å²) in [5.74, 6) is -0.815. The maximum absolute atomic E-state index is 11.1. The lowest BCUT2D eigenvalue weighted by atomic mass is 10.0. The van der Waals surface area contributed by atoms with E-state index in [0.29, 0.717) is 6.54 Å². The van der Waals surface area contributed by atoms with Gasteiger partial charge in [0.05, 0.1) is 0 Å². The summed E-state index contributed by atoms with van der Waals surface area (Å²) in [6, 6.07) is 7.88. The topological polar surface area (TPSA) is 40.5 Å². The molecule has 88 valence electrons. The van der Waals surface area contributed by atoms with E-state index in [2.05, 4.69) is 15.9 Å². The highest BCUT2D eigenvalue weighted by Gasteiger charge is 2.31. The molecule has 0 spiro atoms. The number of rotatable bonds is 4. The van der Waals surface area contributed by atoms with E-state index in [1.807, 2.05) is 36.2 Å². The molecule has 16 heavy (non-hydrogen) atoms. The van der Waals surface area contributed by atoms with Gasteiger partial charge in [0, 0.05) is 11.0 Å². The number of carbonyl (C=O) groups is 1. The van der Waals surface area contributed by atoms with E-state index in [1.54, 1.807) is 13.8 Å². The zero-order valence-corrected chi connectivity index (χ0v) is 11.3. The van der Waals surface area contributed by atoms with Gasteiger partial charge in [0.25, 0.3) is 0 Å². The molecule has 0 aliphatic rings. The van der Waals surface area contributed by atoms with Gasteiger partial charge in [-0.05, 0) is 38.6 Å². The van der Waals surface area contributed by atoms with Crippen molar-refractivity contribution in [2.24, 2.45) is 0 Å². The first-order valence-electron chi connectivity index (χ1n) is 5.03. The number of hydrogen-bond donors (Lipinski definition) is 1. The van der Waals surface area contributed by atoms with Crippen LogP contribution in [0.3, 0.4) is 0 Å². The molecule has 1 aromatic rings. The number of nitrogens with zero attached hydrogens (tertiary/aromatic N) is 1. The average Bonchev–Trinajstić information content (AvgIpc) is 2.17. The van der Waals surface area contributed by atoms with Crippen LogP contribution < -0.4 is 0 Å². The number of carboxylic acid groups (broad SMARTS) is 1. The first kappa shape index (κ1) is 13.2. The Kier molecular flexibility index (Phi) is 4.10. The lowest BCUT2D eigenvalue weighted by Crippen LogP contribution is -2.47. The summed E-state index contributed by atoms with van der Waals surface area (Å²) >= 11 is 3.40. The van der Waals surface area contributed by atoms with Crippen molar-refractivity contribution >= 4 is 21.9 Å². The summed E-state index contributed by atoms with van der Waals surface area (Å²) in [6.07, 6.45) is 0. The maximum Gasteiger partial charge on any atom is 0.323 e. The second kappa shape index (κ2) is 4.97. The van der Waals surface area contributed by atoms with Crippen molar-refractivity contribution in [3.05, 3.63) is 34.3 Å². The van der Waals surface area contributed by atoms with Crippen LogP contribution in [0.25, 0.3) is 0 Å². The third kappa shape index (κ3) is 3.06. The molecular formula is C12H16BrNO2. The van der Waals surface area contributed by atoms with Gasteiger partial charge in [-0.2, -0.15) is 0 Å². The lowest BCUT2D eigenvalue weighted by molar-refractivity contribution is -0.148. The third-order valence-corrected chi connectivity index (χ3v) is 3.28. The molecule has 0 saturated carbocycles. The van der Waals surface area contributed by atoms with Crippen LogP contribution >= 0.6 is 15.9 Å². The molecule has 0 heterocycles. The molecule has 1 aromatic carbocycles. The van der Waals surface area contributed by atoms with Crippen molar-refractivity contribution in [3.63, 3.8) is 0 Å². The van der Waals surface area contributed by atoms with Crippen LogP contribution in [0.2, 0.25) is 0 Å². The molecule has 0 atom stereocenters. The number of aliphatic carboxylic acids is 1. The Bertz CT molecular complexity index is 390.